The van der Waals surface area contributed by atoms with Crippen LogP contribution in [0.2, 0.25) is 0 Å². The highest BCUT2D eigenvalue weighted by Crippen LogP contribution is 2.25. The minimum Gasteiger partial charge on any atom is -0.430 e. The number of alkyl halides is 1. The topological polar surface area (TPSA) is 46.6 Å². The predicted octanol–water partition coefficient (Wildman–Crippen LogP) is 4.20. The molecule has 2 rings (SSSR count). The molecule has 0 bridgehead atoms. The average molecular weight is 393 g/mol. The summed E-state index contributed by atoms with van der Waals surface area (Å²) in [5.41, 5.74) is -0.604. The third kappa shape index (κ3) is 4.20. The van der Waals surface area contributed by atoms with Gasteiger partial charge in [0.15, 0.2) is 11.3 Å². The number of hydrogen-bond donors (Lipinski definition) is 0. The summed E-state index contributed by atoms with van der Waals surface area (Å²) < 4.78 is 19.4. The van der Waals surface area contributed by atoms with Gasteiger partial charge in [0, 0.05) is 23.5 Å². The van der Waals surface area contributed by atoms with Crippen molar-refractivity contribution in [2.24, 2.45) is 5.92 Å². The second-order valence-corrected chi connectivity index (χ2v) is 6.71. The Hall–Kier alpha value is -1.14. The minimum absolute atomic E-state index is 0.0878. The summed E-state index contributed by atoms with van der Waals surface area (Å²) in [7, 11) is 0. The summed E-state index contributed by atoms with van der Waals surface area (Å²) in [5, 5.41) is 0. The Balaban J connectivity index is 1.98. The highest BCUT2D eigenvalue weighted by atomic mass is 79.9. The van der Waals surface area contributed by atoms with E-state index in [-0.39, 0.29) is 17.3 Å². The molecule has 4 nitrogen and oxygen atoms in total. The number of rotatable bonds is 3. The third-order valence-electron chi connectivity index (χ3n) is 3.58. The van der Waals surface area contributed by atoms with Crippen molar-refractivity contribution < 1.29 is 18.7 Å². The molecule has 0 N–H and O–H groups in total. The molecule has 1 fully saturated rings. The van der Waals surface area contributed by atoms with Crippen LogP contribution in [0.5, 0.6) is 0 Å². The van der Waals surface area contributed by atoms with E-state index in [9.17, 15) is 14.0 Å². The summed E-state index contributed by atoms with van der Waals surface area (Å²) >= 11 is 8.85. The molecular formula is C15H16BrClFNO3. The largest absolute Gasteiger partial charge is 0.430 e. The van der Waals surface area contributed by atoms with Gasteiger partial charge in [-0.15, -0.1) is 0 Å². The van der Waals surface area contributed by atoms with Crippen LogP contribution in [0, 0.1) is 11.7 Å². The lowest BCUT2D eigenvalue weighted by Crippen LogP contribution is -2.41. The lowest BCUT2D eigenvalue weighted by atomic mass is 9.89. The maximum absolute atomic E-state index is 13.8. The lowest BCUT2D eigenvalue weighted by molar-refractivity contribution is 0.0708. The van der Waals surface area contributed by atoms with Crippen LogP contribution in [0.4, 0.5) is 9.18 Å². The minimum atomic E-state index is -0.692. The van der Waals surface area contributed by atoms with Gasteiger partial charge in [0.25, 0.3) is 0 Å². The van der Waals surface area contributed by atoms with Crippen molar-refractivity contribution in [1.29, 1.82) is 0 Å². The SMILES string of the molecule is CC(Cl)OC(=O)N1CCC(C(=O)c2cc(Br)ccc2F)CC1. The maximum Gasteiger partial charge on any atom is 0.411 e. The molecule has 1 aromatic carbocycles. The normalized spacial score (nSPS) is 17.2. The van der Waals surface area contributed by atoms with Crippen molar-refractivity contribution in [2.45, 2.75) is 25.3 Å². The number of ketones is 1. The molecule has 1 amide bonds. The van der Waals surface area contributed by atoms with E-state index in [1.54, 1.807) is 13.0 Å². The molecule has 22 heavy (non-hydrogen) atoms. The predicted molar refractivity (Wildman–Crippen MR) is 84.5 cm³/mol. The maximum atomic E-state index is 13.8. The Morgan fingerprint density at radius 3 is 2.64 bits per heavy atom. The average Bonchev–Trinajstić information content (AvgIpc) is 2.48. The first-order chi connectivity index (χ1) is 10.4. The molecule has 0 aliphatic carbocycles. The second kappa shape index (κ2) is 7.42. The third-order valence-corrected chi connectivity index (χ3v) is 4.16. The summed E-state index contributed by atoms with van der Waals surface area (Å²) in [6.45, 7) is 2.36. The van der Waals surface area contributed by atoms with Gasteiger partial charge >= 0.3 is 6.09 Å². The number of nitrogens with zero attached hydrogens (tertiary/aromatic N) is 1. The zero-order chi connectivity index (χ0) is 16.3. The Bertz CT molecular complexity index is 574. The number of Topliss-reactive ketones (excluding diaryl/α,β-unsaturated/α-hetero) is 1. The number of piperidine rings is 1. The zero-order valence-electron chi connectivity index (χ0n) is 12.0. The quantitative estimate of drug-likeness (QED) is 0.572. The van der Waals surface area contributed by atoms with E-state index in [0.29, 0.717) is 30.4 Å². The van der Waals surface area contributed by atoms with Crippen molar-refractivity contribution in [1.82, 2.24) is 4.90 Å². The summed E-state index contributed by atoms with van der Waals surface area (Å²) in [6, 6.07) is 4.32. The molecule has 1 aliphatic heterocycles. The smallest absolute Gasteiger partial charge is 0.411 e. The Kier molecular flexibility index (Phi) is 5.81. The molecule has 1 unspecified atom stereocenters. The van der Waals surface area contributed by atoms with Gasteiger partial charge in [-0.1, -0.05) is 27.5 Å². The number of ether oxygens (including phenoxy) is 1. The van der Waals surface area contributed by atoms with Gasteiger partial charge in [-0.25, -0.2) is 9.18 Å². The number of amides is 1. The standard InChI is InChI=1S/C15H16BrClFNO3/c1-9(17)22-15(21)19-6-4-10(5-7-19)14(20)12-8-11(16)2-3-13(12)18/h2-3,8-10H,4-7H2,1H3. The fourth-order valence-electron chi connectivity index (χ4n) is 2.44. The van der Waals surface area contributed by atoms with Gasteiger partial charge in [0.2, 0.25) is 0 Å². The number of hydrogen-bond acceptors (Lipinski definition) is 3. The molecule has 0 aromatic heterocycles. The molecule has 0 radical (unpaired) electrons. The van der Waals surface area contributed by atoms with E-state index in [1.165, 1.54) is 17.0 Å². The number of likely N-dealkylation sites (tertiary alicyclic amines) is 1. The van der Waals surface area contributed by atoms with E-state index in [1.807, 2.05) is 0 Å². The van der Waals surface area contributed by atoms with Crippen LogP contribution in [0.25, 0.3) is 0 Å². The summed E-state index contributed by atoms with van der Waals surface area (Å²) in [5.74, 6) is -1.04. The fraction of sp³-hybridized carbons (Fsp3) is 0.467. The van der Waals surface area contributed by atoms with Crippen LogP contribution in [-0.4, -0.2) is 35.4 Å². The van der Waals surface area contributed by atoms with E-state index < -0.39 is 17.5 Å². The Morgan fingerprint density at radius 1 is 1.41 bits per heavy atom. The first kappa shape index (κ1) is 17.2. The van der Waals surface area contributed by atoms with Crippen LogP contribution in [0.3, 0.4) is 0 Å². The van der Waals surface area contributed by atoms with Crippen LogP contribution in [0.1, 0.15) is 30.1 Å². The first-order valence-corrected chi connectivity index (χ1v) is 8.20. The van der Waals surface area contributed by atoms with E-state index in [2.05, 4.69) is 15.9 Å². The van der Waals surface area contributed by atoms with E-state index in [4.69, 9.17) is 16.3 Å². The highest BCUT2D eigenvalue weighted by molar-refractivity contribution is 9.10. The van der Waals surface area contributed by atoms with E-state index in [0.717, 1.165) is 0 Å². The zero-order valence-corrected chi connectivity index (χ0v) is 14.4. The van der Waals surface area contributed by atoms with E-state index >= 15 is 0 Å². The molecule has 1 saturated heterocycles. The van der Waals surface area contributed by atoms with Gasteiger partial charge < -0.3 is 9.64 Å². The molecule has 120 valence electrons. The highest BCUT2D eigenvalue weighted by Gasteiger charge is 2.30. The lowest BCUT2D eigenvalue weighted by Gasteiger charge is -2.31. The fourth-order valence-corrected chi connectivity index (χ4v) is 2.88. The second-order valence-electron chi connectivity index (χ2n) is 5.18. The van der Waals surface area contributed by atoms with Crippen molar-refractivity contribution >= 4 is 39.4 Å². The van der Waals surface area contributed by atoms with Crippen LogP contribution < -0.4 is 0 Å². The van der Waals surface area contributed by atoms with Gasteiger partial charge in [-0.2, -0.15) is 0 Å². The number of carbonyl (C=O) groups excluding carboxylic acids is 2. The Labute approximate surface area is 141 Å². The molecule has 0 saturated carbocycles. The monoisotopic (exact) mass is 391 g/mol. The van der Waals surface area contributed by atoms with Crippen LogP contribution in [-0.2, 0) is 4.74 Å². The van der Waals surface area contributed by atoms with Gasteiger partial charge in [0.1, 0.15) is 5.82 Å². The molecule has 7 heteroatoms. The molecular weight excluding hydrogens is 377 g/mol. The van der Waals surface area contributed by atoms with Crippen molar-refractivity contribution in [3.8, 4) is 0 Å². The summed E-state index contributed by atoms with van der Waals surface area (Å²) in [6.07, 6.45) is 0.481. The van der Waals surface area contributed by atoms with Gasteiger partial charge in [0.05, 0.1) is 5.56 Å². The number of halogens is 3. The molecule has 1 heterocycles. The van der Waals surface area contributed by atoms with Crippen molar-refractivity contribution in [3.63, 3.8) is 0 Å². The number of benzene rings is 1. The van der Waals surface area contributed by atoms with Gasteiger partial charge in [-0.3, -0.25) is 4.79 Å². The van der Waals surface area contributed by atoms with Crippen molar-refractivity contribution in [3.05, 3.63) is 34.1 Å². The Morgan fingerprint density at radius 2 is 2.05 bits per heavy atom. The molecule has 1 aliphatic rings. The summed E-state index contributed by atoms with van der Waals surface area (Å²) in [4.78, 5) is 25.6. The van der Waals surface area contributed by atoms with Crippen molar-refractivity contribution in [2.75, 3.05) is 13.1 Å². The van der Waals surface area contributed by atoms with Crippen LogP contribution >= 0.6 is 27.5 Å². The van der Waals surface area contributed by atoms with Crippen LogP contribution in [0.15, 0.2) is 22.7 Å². The van der Waals surface area contributed by atoms with Gasteiger partial charge in [-0.05, 0) is 38.0 Å². The molecule has 0 spiro atoms. The molecule has 1 atom stereocenters. The first-order valence-electron chi connectivity index (χ1n) is 6.97. The number of carbonyl (C=O) groups is 2. The molecule has 1 aromatic rings.